The quantitative estimate of drug-likeness (QED) is 0.594. The largest absolute Gasteiger partial charge is 0.481 e. The predicted molar refractivity (Wildman–Crippen MR) is 91.9 cm³/mol. The van der Waals surface area contributed by atoms with Gasteiger partial charge in [0.05, 0.1) is 16.6 Å². The Kier molecular flexibility index (Phi) is 6.55. The minimum atomic E-state index is -3.74. The summed E-state index contributed by atoms with van der Waals surface area (Å²) in [6.45, 7) is -0.239. The van der Waals surface area contributed by atoms with Gasteiger partial charge in [0.2, 0.25) is 20.0 Å². The molecule has 0 unspecified atom stereocenters. The lowest BCUT2D eigenvalue weighted by Crippen LogP contribution is -2.42. The maximum atomic E-state index is 12.1. The second-order valence-electron chi connectivity index (χ2n) is 6.03. The topological polar surface area (TPSA) is 130 Å². The Bertz CT molecular complexity index is 785. The molecule has 1 aromatic rings. The number of carboxylic acids is 1. The fourth-order valence-corrected chi connectivity index (χ4v) is 5.18. The van der Waals surface area contributed by atoms with E-state index in [2.05, 4.69) is 9.44 Å². The van der Waals surface area contributed by atoms with Gasteiger partial charge in [-0.2, -0.15) is 0 Å². The van der Waals surface area contributed by atoms with Gasteiger partial charge in [-0.05, 0) is 37.8 Å². The number of sulfonamides is 2. The molecule has 1 aliphatic rings. The van der Waals surface area contributed by atoms with Gasteiger partial charge in [0.25, 0.3) is 0 Å². The molecule has 3 N–H and O–H groups in total. The second kappa shape index (κ2) is 8.26. The van der Waals surface area contributed by atoms with Crippen LogP contribution < -0.4 is 9.44 Å². The van der Waals surface area contributed by atoms with Crippen LogP contribution in [0, 0.1) is 5.92 Å². The van der Waals surface area contributed by atoms with E-state index in [1.165, 1.54) is 12.1 Å². The first-order valence-electron chi connectivity index (χ1n) is 7.97. The summed E-state index contributed by atoms with van der Waals surface area (Å²) in [4.78, 5) is 11.0. The van der Waals surface area contributed by atoms with Crippen LogP contribution in [0.5, 0.6) is 0 Å². The number of hydrogen-bond donors (Lipinski definition) is 3. The van der Waals surface area contributed by atoms with Crippen molar-refractivity contribution in [3.63, 3.8) is 0 Å². The molecule has 0 spiro atoms. The summed E-state index contributed by atoms with van der Waals surface area (Å²) in [7, 11) is -7.39. The molecule has 1 aromatic carbocycles. The highest BCUT2D eigenvalue weighted by molar-refractivity contribution is 7.90. The average molecular weight is 390 g/mol. The number of carboxylic acid groups (broad SMARTS) is 1. The van der Waals surface area contributed by atoms with Gasteiger partial charge in [0.15, 0.2) is 0 Å². The van der Waals surface area contributed by atoms with Crippen molar-refractivity contribution in [1.29, 1.82) is 0 Å². The van der Waals surface area contributed by atoms with E-state index in [9.17, 15) is 21.6 Å². The number of carbonyl (C=O) groups is 1. The predicted octanol–water partition coefficient (Wildman–Crippen LogP) is 0.528. The van der Waals surface area contributed by atoms with Crippen molar-refractivity contribution in [1.82, 2.24) is 9.44 Å². The Labute approximate surface area is 147 Å². The number of aliphatic carboxylic acids is 1. The number of rotatable bonds is 8. The van der Waals surface area contributed by atoms with Crippen molar-refractivity contribution in [2.75, 3.05) is 12.3 Å². The van der Waals surface area contributed by atoms with Crippen molar-refractivity contribution in [3.8, 4) is 0 Å². The summed E-state index contributed by atoms with van der Waals surface area (Å²) in [6, 6.07) is 7.41. The van der Waals surface area contributed by atoms with E-state index < -0.39 is 31.9 Å². The molecule has 0 saturated heterocycles. The van der Waals surface area contributed by atoms with Gasteiger partial charge in [-0.1, -0.05) is 18.2 Å². The molecular formula is C15H22N2O6S2. The molecule has 2 rings (SSSR count). The molecule has 8 nitrogen and oxygen atoms in total. The molecule has 140 valence electrons. The Morgan fingerprint density at radius 3 is 2.20 bits per heavy atom. The van der Waals surface area contributed by atoms with Crippen molar-refractivity contribution in [2.24, 2.45) is 5.92 Å². The number of benzene rings is 1. The van der Waals surface area contributed by atoms with E-state index in [-0.39, 0.29) is 23.2 Å². The molecule has 0 radical (unpaired) electrons. The van der Waals surface area contributed by atoms with Crippen LogP contribution in [0.4, 0.5) is 0 Å². The fourth-order valence-electron chi connectivity index (χ4n) is 2.76. The summed E-state index contributed by atoms with van der Waals surface area (Å²) >= 11 is 0. The first kappa shape index (κ1) is 19.8. The maximum absolute atomic E-state index is 12.1. The highest BCUT2D eigenvalue weighted by Crippen LogP contribution is 2.24. The number of nitrogens with one attached hydrogen (secondary N) is 2. The van der Waals surface area contributed by atoms with E-state index in [4.69, 9.17) is 5.11 Å². The second-order valence-corrected chi connectivity index (χ2v) is 9.67. The van der Waals surface area contributed by atoms with Crippen LogP contribution in [0.2, 0.25) is 0 Å². The average Bonchev–Trinajstić information content (AvgIpc) is 2.55. The zero-order chi connectivity index (χ0) is 18.5. The van der Waals surface area contributed by atoms with E-state index >= 15 is 0 Å². The highest BCUT2D eigenvalue weighted by atomic mass is 32.2. The Morgan fingerprint density at radius 1 is 1.04 bits per heavy atom. The van der Waals surface area contributed by atoms with Gasteiger partial charge in [0, 0.05) is 12.6 Å². The molecule has 0 aliphatic heterocycles. The zero-order valence-electron chi connectivity index (χ0n) is 13.6. The molecular weight excluding hydrogens is 368 g/mol. The summed E-state index contributed by atoms with van der Waals surface area (Å²) in [5, 5.41) is 8.94. The molecule has 10 heteroatoms. The minimum Gasteiger partial charge on any atom is -0.481 e. The van der Waals surface area contributed by atoms with Gasteiger partial charge in [-0.25, -0.2) is 26.3 Å². The van der Waals surface area contributed by atoms with Gasteiger partial charge in [-0.15, -0.1) is 0 Å². The zero-order valence-corrected chi connectivity index (χ0v) is 15.2. The molecule has 25 heavy (non-hydrogen) atoms. The van der Waals surface area contributed by atoms with Crippen LogP contribution in [0.15, 0.2) is 35.2 Å². The monoisotopic (exact) mass is 390 g/mol. The molecule has 1 fully saturated rings. The van der Waals surface area contributed by atoms with Crippen molar-refractivity contribution in [3.05, 3.63) is 30.3 Å². The maximum Gasteiger partial charge on any atom is 0.306 e. The molecule has 0 amide bonds. The van der Waals surface area contributed by atoms with Gasteiger partial charge in [0.1, 0.15) is 0 Å². The van der Waals surface area contributed by atoms with Crippen LogP contribution >= 0.6 is 0 Å². The van der Waals surface area contributed by atoms with Crippen molar-refractivity contribution < 1.29 is 26.7 Å². The van der Waals surface area contributed by atoms with Crippen LogP contribution in [0.25, 0.3) is 0 Å². The molecule has 1 saturated carbocycles. The van der Waals surface area contributed by atoms with Crippen molar-refractivity contribution in [2.45, 2.75) is 36.6 Å². The normalized spacial score (nSPS) is 21.8. The summed E-state index contributed by atoms with van der Waals surface area (Å²) in [6.07, 6.45) is 1.80. The van der Waals surface area contributed by atoms with Gasteiger partial charge >= 0.3 is 5.97 Å². The Morgan fingerprint density at radius 2 is 1.64 bits per heavy atom. The van der Waals surface area contributed by atoms with Crippen LogP contribution in [-0.2, 0) is 24.8 Å². The smallest absolute Gasteiger partial charge is 0.306 e. The van der Waals surface area contributed by atoms with Crippen molar-refractivity contribution >= 4 is 26.0 Å². The Hall–Kier alpha value is -1.49. The van der Waals surface area contributed by atoms with E-state index in [1.54, 1.807) is 18.2 Å². The van der Waals surface area contributed by atoms with Gasteiger partial charge in [-0.3, -0.25) is 4.79 Å². The summed E-state index contributed by atoms with van der Waals surface area (Å²) in [5.74, 6) is -1.65. The highest BCUT2D eigenvalue weighted by Gasteiger charge is 2.28. The van der Waals surface area contributed by atoms with Gasteiger partial charge < -0.3 is 5.11 Å². The summed E-state index contributed by atoms with van der Waals surface area (Å²) < 4.78 is 53.0. The third-order valence-electron chi connectivity index (χ3n) is 4.14. The lowest BCUT2D eigenvalue weighted by molar-refractivity contribution is -0.142. The SMILES string of the molecule is O=C(O)C1CCC(NS(=O)(=O)CCNS(=O)(=O)c2ccccc2)CC1. The lowest BCUT2D eigenvalue weighted by atomic mass is 9.87. The first-order chi connectivity index (χ1) is 11.7. The van der Waals surface area contributed by atoms with Crippen LogP contribution in [0.3, 0.4) is 0 Å². The summed E-state index contributed by atoms with van der Waals surface area (Å²) in [5.41, 5.74) is 0. The standard InChI is InChI=1S/C15H22N2O6S2/c18-15(19)12-6-8-13(9-7-12)17-24(20,21)11-10-16-25(22,23)14-4-2-1-3-5-14/h1-5,12-13,16-17H,6-11H2,(H,18,19). The molecule has 0 bridgehead atoms. The first-order valence-corrected chi connectivity index (χ1v) is 11.1. The fraction of sp³-hybridized carbons (Fsp3) is 0.533. The van der Waals surface area contributed by atoms with Crippen LogP contribution in [0.1, 0.15) is 25.7 Å². The third kappa shape index (κ3) is 6.07. The minimum absolute atomic E-state index is 0.0763. The van der Waals surface area contributed by atoms with Crippen LogP contribution in [-0.4, -0.2) is 46.3 Å². The third-order valence-corrected chi connectivity index (χ3v) is 7.05. The molecule has 1 aliphatic carbocycles. The molecule has 0 aromatic heterocycles. The molecule has 0 atom stereocenters. The van der Waals surface area contributed by atoms with E-state index in [1.807, 2.05) is 0 Å². The lowest BCUT2D eigenvalue weighted by Gasteiger charge is -2.26. The van der Waals surface area contributed by atoms with E-state index in [0.717, 1.165) is 0 Å². The van der Waals surface area contributed by atoms with E-state index in [0.29, 0.717) is 25.7 Å². The Balaban J connectivity index is 1.81. The molecule has 0 heterocycles. The number of hydrogen-bond acceptors (Lipinski definition) is 5.